The normalized spacial score (nSPS) is 18.0. The first-order valence-corrected chi connectivity index (χ1v) is 11.0. The van der Waals surface area contributed by atoms with Crippen LogP contribution >= 0.6 is 11.3 Å². The van der Waals surface area contributed by atoms with Crippen LogP contribution in [0.15, 0.2) is 48.8 Å². The number of rotatable bonds is 5. The first-order chi connectivity index (χ1) is 15.1. The van der Waals surface area contributed by atoms with E-state index in [0.717, 1.165) is 52.5 Å². The van der Waals surface area contributed by atoms with Gasteiger partial charge >= 0.3 is 0 Å². The lowest BCUT2D eigenvalue weighted by molar-refractivity contribution is -0.115. The third kappa shape index (κ3) is 4.14. The maximum Gasteiger partial charge on any atom is 0.138 e. The molecule has 1 saturated heterocycles. The second-order valence-corrected chi connectivity index (χ2v) is 9.08. The van der Waals surface area contributed by atoms with Crippen LogP contribution in [0.25, 0.3) is 21.0 Å². The molecule has 0 bridgehead atoms. The zero-order valence-electron chi connectivity index (χ0n) is 16.9. The Bertz CT molecular complexity index is 1260. The molecule has 0 radical (unpaired) electrons. The molecule has 2 N–H and O–H groups in total. The largest absolute Gasteiger partial charge is 0.383 e. The predicted octanol–water partition coefficient (Wildman–Crippen LogP) is 3.45. The number of anilines is 1. The molecule has 4 aromatic rings. The zero-order chi connectivity index (χ0) is 21.4. The first kappa shape index (κ1) is 20.0. The van der Waals surface area contributed by atoms with Crippen LogP contribution in [0, 0.1) is 5.82 Å². The molecule has 2 aromatic heterocycles. The SMILES string of the molecule is Nc1ncnc2cc(CN3CCN(Cc4cc5ccc(F)cc5s4)CC3C=O)ccc12. The van der Waals surface area contributed by atoms with E-state index in [2.05, 4.69) is 25.8 Å². The first-order valence-electron chi connectivity index (χ1n) is 10.2. The quantitative estimate of drug-likeness (QED) is 0.484. The van der Waals surface area contributed by atoms with Crippen molar-refractivity contribution in [2.75, 3.05) is 25.4 Å². The predicted molar refractivity (Wildman–Crippen MR) is 121 cm³/mol. The van der Waals surface area contributed by atoms with E-state index in [-0.39, 0.29) is 11.9 Å². The van der Waals surface area contributed by atoms with Crippen LogP contribution in [0.4, 0.5) is 10.2 Å². The number of carbonyl (C=O) groups is 1. The van der Waals surface area contributed by atoms with Crippen LogP contribution in [0.3, 0.4) is 0 Å². The minimum Gasteiger partial charge on any atom is -0.383 e. The summed E-state index contributed by atoms with van der Waals surface area (Å²) in [5.74, 6) is 0.262. The van der Waals surface area contributed by atoms with E-state index in [9.17, 15) is 9.18 Å². The number of nitrogens with two attached hydrogens (primary N) is 1. The van der Waals surface area contributed by atoms with Gasteiger partial charge in [0.1, 0.15) is 24.2 Å². The average Bonchev–Trinajstić information content (AvgIpc) is 3.16. The molecule has 8 heteroatoms. The number of fused-ring (bicyclic) bond motifs is 2. The summed E-state index contributed by atoms with van der Waals surface area (Å²) in [5, 5.41) is 1.90. The molecule has 1 unspecified atom stereocenters. The van der Waals surface area contributed by atoms with Gasteiger partial charge in [-0.2, -0.15) is 0 Å². The fourth-order valence-electron chi connectivity index (χ4n) is 4.19. The van der Waals surface area contributed by atoms with Gasteiger partial charge < -0.3 is 10.5 Å². The number of benzene rings is 2. The van der Waals surface area contributed by atoms with Crippen molar-refractivity contribution in [1.82, 2.24) is 19.8 Å². The lowest BCUT2D eigenvalue weighted by atomic mass is 10.1. The Morgan fingerprint density at radius 2 is 2.03 bits per heavy atom. The molecule has 31 heavy (non-hydrogen) atoms. The molecule has 2 aromatic carbocycles. The summed E-state index contributed by atoms with van der Waals surface area (Å²) in [5.41, 5.74) is 7.82. The molecule has 5 rings (SSSR count). The van der Waals surface area contributed by atoms with Crippen molar-refractivity contribution in [2.45, 2.75) is 19.1 Å². The molecule has 0 saturated carbocycles. The fourth-order valence-corrected chi connectivity index (χ4v) is 5.32. The second-order valence-electron chi connectivity index (χ2n) is 7.91. The lowest BCUT2D eigenvalue weighted by Gasteiger charge is -2.38. The Hall–Kier alpha value is -2.94. The number of nitrogen functional groups attached to an aromatic ring is 1. The smallest absolute Gasteiger partial charge is 0.138 e. The summed E-state index contributed by atoms with van der Waals surface area (Å²) in [6, 6.07) is 12.8. The van der Waals surface area contributed by atoms with Crippen molar-refractivity contribution in [3.63, 3.8) is 0 Å². The molecule has 0 aliphatic carbocycles. The van der Waals surface area contributed by atoms with Crippen LogP contribution < -0.4 is 5.73 Å². The van der Waals surface area contributed by atoms with E-state index in [0.29, 0.717) is 18.9 Å². The summed E-state index contributed by atoms with van der Waals surface area (Å²) in [6.07, 6.45) is 2.50. The van der Waals surface area contributed by atoms with Gasteiger partial charge in [-0.15, -0.1) is 11.3 Å². The molecule has 6 nitrogen and oxygen atoms in total. The molecule has 1 atom stereocenters. The highest BCUT2D eigenvalue weighted by Crippen LogP contribution is 2.28. The van der Waals surface area contributed by atoms with E-state index >= 15 is 0 Å². The fraction of sp³-hybridized carbons (Fsp3) is 0.261. The van der Waals surface area contributed by atoms with Gasteiger partial charge in [0.25, 0.3) is 0 Å². The van der Waals surface area contributed by atoms with Gasteiger partial charge in [0.15, 0.2) is 0 Å². The van der Waals surface area contributed by atoms with E-state index in [1.165, 1.54) is 17.3 Å². The van der Waals surface area contributed by atoms with Gasteiger partial charge in [-0.1, -0.05) is 12.1 Å². The third-order valence-corrected chi connectivity index (χ3v) is 6.89. The van der Waals surface area contributed by atoms with Crippen molar-refractivity contribution in [3.05, 3.63) is 65.0 Å². The molecule has 1 aliphatic heterocycles. The van der Waals surface area contributed by atoms with Crippen molar-refractivity contribution in [3.8, 4) is 0 Å². The van der Waals surface area contributed by atoms with Gasteiger partial charge in [0, 0.05) is 47.7 Å². The number of piperazine rings is 1. The highest BCUT2D eigenvalue weighted by Gasteiger charge is 2.27. The van der Waals surface area contributed by atoms with Crippen LogP contribution in [0.1, 0.15) is 10.4 Å². The maximum absolute atomic E-state index is 13.5. The Labute approximate surface area is 183 Å². The van der Waals surface area contributed by atoms with Crippen molar-refractivity contribution in [2.24, 2.45) is 0 Å². The zero-order valence-corrected chi connectivity index (χ0v) is 17.7. The van der Waals surface area contributed by atoms with Gasteiger partial charge in [-0.25, -0.2) is 14.4 Å². The topological polar surface area (TPSA) is 75.3 Å². The molecule has 1 fully saturated rings. The van der Waals surface area contributed by atoms with Gasteiger partial charge in [0.05, 0.1) is 11.6 Å². The number of hydrogen-bond donors (Lipinski definition) is 1. The molecule has 3 heterocycles. The van der Waals surface area contributed by atoms with E-state index < -0.39 is 0 Å². The molecule has 0 spiro atoms. The molecular weight excluding hydrogens is 413 g/mol. The van der Waals surface area contributed by atoms with Gasteiger partial charge in [-0.05, 0) is 41.3 Å². The summed E-state index contributed by atoms with van der Waals surface area (Å²) in [7, 11) is 0. The van der Waals surface area contributed by atoms with Gasteiger partial charge in [0.2, 0.25) is 0 Å². The monoisotopic (exact) mass is 435 g/mol. The number of nitrogens with zero attached hydrogens (tertiary/aromatic N) is 4. The third-order valence-electron chi connectivity index (χ3n) is 5.80. The Balaban J connectivity index is 1.27. The lowest BCUT2D eigenvalue weighted by Crippen LogP contribution is -2.52. The minimum atomic E-state index is -0.210. The summed E-state index contributed by atoms with van der Waals surface area (Å²) in [6.45, 7) is 3.79. The van der Waals surface area contributed by atoms with Crippen LogP contribution in [-0.4, -0.2) is 51.7 Å². The van der Waals surface area contributed by atoms with Crippen LogP contribution in [0.2, 0.25) is 0 Å². The highest BCUT2D eigenvalue weighted by atomic mass is 32.1. The molecular formula is C23H22FN5OS. The van der Waals surface area contributed by atoms with Crippen LogP contribution in [0.5, 0.6) is 0 Å². The number of halogens is 1. The molecule has 158 valence electrons. The van der Waals surface area contributed by atoms with Crippen LogP contribution in [-0.2, 0) is 17.9 Å². The highest BCUT2D eigenvalue weighted by molar-refractivity contribution is 7.19. The van der Waals surface area contributed by atoms with Crippen molar-refractivity contribution in [1.29, 1.82) is 0 Å². The van der Waals surface area contributed by atoms with Crippen molar-refractivity contribution >= 4 is 44.4 Å². The number of aromatic nitrogens is 2. The maximum atomic E-state index is 13.5. The average molecular weight is 436 g/mol. The van der Waals surface area contributed by atoms with Gasteiger partial charge in [-0.3, -0.25) is 9.80 Å². The summed E-state index contributed by atoms with van der Waals surface area (Å²) in [4.78, 5) is 25.9. The van der Waals surface area contributed by atoms with E-state index in [1.54, 1.807) is 17.4 Å². The molecule has 0 amide bonds. The Kier molecular flexibility index (Phi) is 5.35. The number of thiophene rings is 1. The Morgan fingerprint density at radius 1 is 1.13 bits per heavy atom. The second kappa shape index (κ2) is 8.30. The minimum absolute atomic E-state index is 0.174. The standard InChI is InChI=1S/C23H22FN5OS/c24-17-3-2-16-8-19(31-22(16)9-17)12-28-5-6-29(18(11-28)13-30)10-15-1-4-20-21(7-15)26-14-27-23(20)25/h1-4,7-9,13-14,18H,5-6,10-12H2,(H2,25,26,27). The number of aldehydes is 1. The number of carbonyl (C=O) groups excluding carboxylic acids is 1. The summed E-state index contributed by atoms with van der Waals surface area (Å²) < 4.78 is 14.4. The van der Waals surface area contributed by atoms with Crippen molar-refractivity contribution < 1.29 is 9.18 Å². The number of hydrogen-bond acceptors (Lipinski definition) is 7. The van der Waals surface area contributed by atoms with E-state index in [4.69, 9.17) is 5.73 Å². The Morgan fingerprint density at radius 3 is 2.90 bits per heavy atom. The molecule has 1 aliphatic rings. The summed E-state index contributed by atoms with van der Waals surface area (Å²) >= 11 is 1.61. The van der Waals surface area contributed by atoms with E-state index in [1.807, 2.05) is 24.3 Å².